The zero-order valence-electron chi connectivity index (χ0n) is 14.1. The fourth-order valence-electron chi connectivity index (χ4n) is 3.80. The van der Waals surface area contributed by atoms with Crippen LogP contribution in [0.5, 0.6) is 0 Å². The van der Waals surface area contributed by atoms with E-state index in [0.717, 1.165) is 26.1 Å². The van der Waals surface area contributed by atoms with Gasteiger partial charge in [-0.05, 0) is 54.8 Å². The normalized spacial score (nSPS) is 22.8. The number of nitrogens with zero attached hydrogens (tertiary/aromatic N) is 1. The van der Waals surface area contributed by atoms with Crippen LogP contribution in [0, 0.1) is 11.3 Å². The minimum Gasteiger partial charge on any atom is -0.341 e. The summed E-state index contributed by atoms with van der Waals surface area (Å²) >= 11 is 0. The van der Waals surface area contributed by atoms with Crippen molar-refractivity contribution in [1.82, 2.24) is 10.2 Å². The van der Waals surface area contributed by atoms with Crippen molar-refractivity contribution in [3.8, 4) is 0 Å². The predicted octanol–water partition coefficient (Wildman–Crippen LogP) is 3.16. The van der Waals surface area contributed by atoms with E-state index < -0.39 is 0 Å². The molecule has 1 aromatic carbocycles. The van der Waals surface area contributed by atoms with E-state index in [2.05, 4.69) is 43.4 Å². The third kappa shape index (κ3) is 3.05. The Bertz CT molecular complexity index is 529. The molecule has 2 aliphatic rings. The van der Waals surface area contributed by atoms with Gasteiger partial charge in [0.05, 0.1) is 0 Å². The zero-order valence-corrected chi connectivity index (χ0v) is 14.1. The van der Waals surface area contributed by atoms with Crippen LogP contribution in [0.1, 0.15) is 50.2 Å². The zero-order chi connectivity index (χ0) is 15.7. The van der Waals surface area contributed by atoms with Crippen LogP contribution >= 0.6 is 0 Å². The lowest BCUT2D eigenvalue weighted by Crippen LogP contribution is -2.34. The van der Waals surface area contributed by atoms with E-state index in [0.29, 0.717) is 17.2 Å². The number of benzene rings is 1. The van der Waals surface area contributed by atoms with Crippen molar-refractivity contribution in [2.45, 2.75) is 45.6 Å². The summed E-state index contributed by atoms with van der Waals surface area (Å²) in [5.74, 6) is 1.17. The maximum Gasteiger partial charge on any atom is 0.226 e. The van der Waals surface area contributed by atoms with Crippen LogP contribution < -0.4 is 5.32 Å². The second-order valence-electron chi connectivity index (χ2n) is 7.46. The third-order valence-corrected chi connectivity index (χ3v) is 5.53. The molecule has 22 heavy (non-hydrogen) atoms. The largest absolute Gasteiger partial charge is 0.341 e. The molecule has 3 nitrogen and oxygen atoms in total. The van der Waals surface area contributed by atoms with Gasteiger partial charge in [-0.25, -0.2) is 0 Å². The van der Waals surface area contributed by atoms with Gasteiger partial charge in [-0.2, -0.15) is 0 Å². The summed E-state index contributed by atoms with van der Waals surface area (Å²) in [6.07, 6.45) is 3.44. The highest BCUT2D eigenvalue weighted by molar-refractivity contribution is 5.82. The van der Waals surface area contributed by atoms with E-state index in [1.165, 1.54) is 24.0 Å². The summed E-state index contributed by atoms with van der Waals surface area (Å²) < 4.78 is 0. The van der Waals surface area contributed by atoms with Crippen LogP contribution in [0.15, 0.2) is 24.3 Å². The molecule has 1 heterocycles. The minimum absolute atomic E-state index is 0.273. The quantitative estimate of drug-likeness (QED) is 0.926. The highest BCUT2D eigenvalue weighted by atomic mass is 16.2. The van der Waals surface area contributed by atoms with Crippen LogP contribution in [0.3, 0.4) is 0 Å². The van der Waals surface area contributed by atoms with Crippen molar-refractivity contribution < 1.29 is 4.79 Å². The Morgan fingerprint density at radius 2 is 1.91 bits per heavy atom. The summed E-state index contributed by atoms with van der Waals surface area (Å²) in [5, 5.41) is 3.40. The topological polar surface area (TPSA) is 32.3 Å². The van der Waals surface area contributed by atoms with Gasteiger partial charge in [0.15, 0.2) is 0 Å². The SMILES string of the molecule is CC(C)c1ccc(CN(C)C(=O)C2CC23CCNCC3)cc1. The fourth-order valence-corrected chi connectivity index (χ4v) is 3.80. The van der Waals surface area contributed by atoms with Gasteiger partial charge in [0.1, 0.15) is 0 Å². The first-order valence-electron chi connectivity index (χ1n) is 8.56. The van der Waals surface area contributed by atoms with Crippen molar-refractivity contribution in [1.29, 1.82) is 0 Å². The van der Waals surface area contributed by atoms with Crippen molar-refractivity contribution in [2.24, 2.45) is 11.3 Å². The van der Waals surface area contributed by atoms with Crippen molar-refractivity contribution in [3.05, 3.63) is 35.4 Å². The molecule has 1 unspecified atom stereocenters. The molecule has 1 amide bonds. The summed E-state index contributed by atoms with van der Waals surface area (Å²) in [4.78, 5) is 14.6. The van der Waals surface area contributed by atoms with Crippen LogP contribution in [0.25, 0.3) is 0 Å². The molecule has 1 aliphatic heterocycles. The van der Waals surface area contributed by atoms with Gasteiger partial charge >= 0.3 is 0 Å². The van der Waals surface area contributed by atoms with E-state index in [-0.39, 0.29) is 5.92 Å². The van der Waals surface area contributed by atoms with Crippen molar-refractivity contribution in [2.75, 3.05) is 20.1 Å². The standard InChI is InChI=1S/C19H28N2O/c1-14(2)16-6-4-15(5-7-16)13-21(3)18(22)17-12-19(17)8-10-20-11-9-19/h4-7,14,17,20H,8-13H2,1-3H3. The smallest absolute Gasteiger partial charge is 0.226 e. The van der Waals surface area contributed by atoms with Gasteiger partial charge in [0, 0.05) is 19.5 Å². The highest BCUT2D eigenvalue weighted by Gasteiger charge is 2.58. The molecule has 2 fully saturated rings. The molecular formula is C19H28N2O. The molecule has 1 saturated carbocycles. The first-order chi connectivity index (χ1) is 10.5. The maximum atomic E-state index is 12.7. The lowest BCUT2D eigenvalue weighted by molar-refractivity contribution is -0.132. The van der Waals surface area contributed by atoms with Crippen LogP contribution in [0.2, 0.25) is 0 Å². The Hall–Kier alpha value is -1.35. The van der Waals surface area contributed by atoms with Gasteiger partial charge in [0.2, 0.25) is 5.91 Å². The summed E-state index contributed by atoms with van der Waals surface area (Å²) in [7, 11) is 1.95. The molecule has 1 aromatic rings. The summed E-state index contributed by atoms with van der Waals surface area (Å²) in [5.41, 5.74) is 2.91. The van der Waals surface area contributed by atoms with E-state index in [1.807, 2.05) is 11.9 Å². The Kier molecular flexibility index (Phi) is 4.26. The van der Waals surface area contributed by atoms with Gasteiger partial charge in [-0.1, -0.05) is 38.1 Å². The van der Waals surface area contributed by atoms with E-state index in [4.69, 9.17) is 0 Å². The second kappa shape index (κ2) is 6.04. The number of amides is 1. The molecule has 1 spiro atoms. The molecule has 120 valence electrons. The average molecular weight is 300 g/mol. The molecule has 0 bridgehead atoms. The number of carbonyl (C=O) groups is 1. The minimum atomic E-state index is 0.273. The first kappa shape index (κ1) is 15.5. The van der Waals surface area contributed by atoms with Crippen molar-refractivity contribution >= 4 is 5.91 Å². The fraction of sp³-hybridized carbons (Fsp3) is 0.632. The first-order valence-corrected chi connectivity index (χ1v) is 8.56. The third-order valence-electron chi connectivity index (χ3n) is 5.53. The lowest BCUT2D eigenvalue weighted by atomic mass is 9.91. The lowest BCUT2D eigenvalue weighted by Gasteiger charge is -2.25. The van der Waals surface area contributed by atoms with E-state index >= 15 is 0 Å². The van der Waals surface area contributed by atoms with Crippen LogP contribution in [0.4, 0.5) is 0 Å². The monoisotopic (exact) mass is 300 g/mol. The van der Waals surface area contributed by atoms with E-state index in [1.54, 1.807) is 0 Å². The Morgan fingerprint density at radius 1 is 1.27 bits per heavy atom. The average Bonchev–Trinajstić information content (AvgIpc) is 3.20. The van der Waals surface area contributed by atoms with Gasteiger partial charge in [-0.15, -0.1) is 0 Å². The summed E-state index contributed by atoms with van der Waals surface area (Å²) in [6.45, 7) is 7.28. The Labute approximate surface area is 134 Å². The van der Waals surface area contributed by atoms with E-state index in [9.17, 15) is 4.79 Å². The van der Waals surface area contributed by atoms with Gasteiger partial charge < -0.3 is 10.2 Å². The molecule has 1 aliphatic carbocycles. The van der Waals surface area contributed by atoms with Crippen LogP contribution in [-0.4, -0.2) is 30.9 Å². The maximum absolute atomic E-state index is 12.7. The number of nitrogens with one attached hydrogen (secondary N) is 1. The number of rotatable bonds is 4. The number of hydrogen-bond acceptors (Lipinski definition) is 2. The predicted molar refractivity (Wildman–Crippen MR) is 89.6 cm³/mol. The molecule has 1 atom stereocenters. The molecule has 0 aromatic heterocycles. The molecular weight excluding hydrogens is 272 g/mol. The Balaban J connectivity index is 1.57. The van der Waals surface area contributed by atoms with Crippen LogP contribution in [-0.2, 0) is 11.3 Å². The summed E-state index contributed by atoms with van der Waals surface area (Å²) in [6, 6.07) is 8.69. The van der Waals surface area contributed by atoms with Gasteiger partial charge in [0.25, 0.3) is 0 Å². The Morgan fingerprint density at radius 3 is 2.50 bits per heavy atom. The molecule has 1 N–H and O–H groups in total. The van der Waals surface area contributed by atoms with Gasteiger partial charge in [-0.3, -0.25) is 4.79 Å². The number of piperidine rings is 1. The molecule has 0 radical (unpaired) electrons. The molecule has 1 saturated heterocycles. The molecule has 3 rings (SSSR count). The second-order valence-corrected chi connectivity index (χ2v) is 7.46. The number of carbonyl (C=O) groups excluding carboxylic acids is 1. The van der Waals surface area contributed by atoms with Crippen molar-refractivity contribution in [3.63, 3.8) is 0 Å². The number of hydrogen-bond donors (Lipinski definition) is 1. The highest BCUT2D eigenvalue weighted by Crippen LogP contribution is 2.59. The molecule has 3 heteroatoms.